The van der Waals surface area contributed by atoms with Gasteiger partial charge in [-0.3, -0.25) is 0 Å². The molecule has 78 valence electrons. The number of aliphatic hydroxyl groups excluding tert-OH is 1. The lowest BCUT2D eigenvalue weighted by molar-refractivity contribution is 0.272. The molecule has 1 aromatic rings. The number of nitrogens with one attached hydrogen (secondary N) is 1. The molecule has 0 radical (unpaired) electrons. The monoisotopic (exact) mass is 198 g/mol. The second-order valence-corrected chi connectivity index (χ2v) is 3.16. The van der Waals surface area contributed by atoms with Crippen molar-refractivity contribution in [1.82, 2.24) is 0 Å². The van der Waals surface area contributed by atoms with Gasteiger partial charge >= 0.3 is 0 Å². The summed E-state index contributed by atoms with van der Waals surface area (Å²) in [5, 5.41) is 12.0. The number of halogens is 1. The van der Waals surface area contributed by atoms with Crippen LogP contribution in [0.1, 0.15) is 13.3 Å². The van der Waals surface area contributed by atoms with Gasteiger partial charge in [-0.2, -0.15) is 0 Å². The van der Waals surface area contributed by atoms with Crippen molar-refractivity contribution in [3.05, 3.63) is 24.0 Å². The van der Waals surface area contributed by atoms with Crippen molar-refractivity contribution < 1.29 is 9.50 Å². The number of aliphatic hydroxyl groups is 1. The van der Waals surface area contributed by atoms with Crippen LogP contribution in [0.15, 0.2) is 18.2 Å². The van der Waals surface area contributed by atoms with Crippen LogP contribution >= 0.6 is 0 Å². The zero-order chi connectivity index (χ0) is 10.6. The predicted octanol–water partition coefficient (Wildman–Crippen LogP) is 1.59. The highest BCUT2D eigenvalue weighted by Gasteiger charge is 2.06. The molecule has 0 heterocycles. The summed E-state index contributed by atoms with van der Waals surface area (Å²) in [5.74, 6) is -0.356. The molecule has 3 nitrogen and oxygen atoms in total. The average molecular weight is 198 g/mol. The molecular weight excluding hydrogens is 183 g/mol. The van der Waals surface area contributed by atoms with E-state index in [1.807, 2.05) is 6.92 Å². The lowest BCUT2D eigenvalue weighted by Crippen LogP contribution is -2.23. The fourth-order valence-electron chi connectivity index (χ4n) is 1.16. The van der Waals surface area contributed by atoms with Crippen molar-refractivity contribution in [3.63, 3.8) is 0 Å². The molecule has 0 aromatic heterocycles. The molecule has 1 atom stereocenters. The minimum absolute atomic E-state index is 0.0350. The molecule has 0 bridgehead atoms. The van der Waals surface area contributed by atoms with E-state index in [4.69, 9.17) is 10.8 Å². The second-order valence-electron chi connectivity index (χ2n) is 3.16. The van der Waals surface area contributed by atoms with Crippen molar-refractivity contribution in [2.45, 2.75) is 19.4 Å². The number of anilines is 2. The first-order valence-corrected chi connectivity index (χ1v) is 4.59. The van der Waals surface area contributed by atoms with Gasteiger partial charge in [-0.25, -0.2) is 4.39 Å². The second kappa shape index (κ2) is 4.81. The van der Waals surface area contributed by atoms with Crippen LogP contribution < -0.4 is 11.1 Å². The summed E-state index contributed by atoms with van der Waals surface area (Å²) in [6.07, 6.45) is 0.785. The number of hydrogen-bond acceptors (Lipinski definition) is 3. The van der Waals surface area contributed by atoms with Crippen LogP contribution in [-0.2, 0) is 0 Å². The Hall–Kier alpha value is -1.29. The van der Waals surface area contributed by atoms with Gasteiger partial charge in [0.15, 0.2) is 0 Å². The molecule has 1 unspecified atom stereocenters. The van der Waals surface area contributed by atoms with Crippen LogP contribution in [0.2, 0.25) is 0 Å². The molecule has 1 aromatic carbocycles. The summed E-state index contributed by atoms with van der Waals surface area (Å²) in [7, 11) is 0. The van der Waals surface area contributed by atoms with Crippen LogP contribution in [-0.4, -0.2) is 17.8 Å². The van der Waals surface area contributed by atoms with Crippen molar-refractivity contribution in [1.29, 1.82) is 0 Å². The molecular formula is C10H15FN2O. The highest BCUT2D eigenvalue weighted by atomic mass is 19.1. The first-order chi connectivity index (χ1) is 6.67. The van der Waals surface area contributed by atoms with E-state index >= 15 is 0 Å². The zero-order valence-electron chi connectivity index (χ0n) is 8.13. The van der Waals surface area contributed by atoms with E-state index in [2.05, 4.69) is 5.32 Å². The molecule has 0 amide bonds. The van der Waals surface area contributed by atoms with Crippen molar-refractivity contribution in [2.75, 3.05) is 17.7 Å². The Bertz CT molecular complexity index is 300. The third-order valence-electron chi connectivity index (χ3n) is 2.09. The molecule has 0 aliphatic carbocycles. The Balaban J connectivity index is 2.76. The van der Waals surface area contributed by atoms with Gasteiger partial charge in [-0.15, -0.1) is 0 Å². The molecule has 0 aliphatic rings. The van der Waals surface area contributed by atoms with Gasteiger partial charge in [0.2, 0.25) is 0 Å². The maximum Gasteiger partial charge on any atom is 0.125 e. The smallest absolute Gasteiger partial charge is 0.125 e. The van der Waals surface area contributed by atoms with Gasteiger partial charge < -0.3 is 16.2 Å². The number of hydrogen-bond donors (Lipinski definition) is 3. The Morgan fingerprint density at radius 3 is 2.79 bits per heavy atom. The van der Waals surface area contributed by atoms with Gasteiger partial charge in [0.1, 0.15) is 5.82 Å². The quantitative estimate of drug-likeness (QED) is 0.644. The SMILES string of the molecule is CCC(CO)Nc1ccc(F)cc1N. The molecule has 0 fully saturated rings. The number of nitrogens with two attached hydrogens (primary N) is 1. The summed E-state index contributed by atoms with van der Waals surface area (Å²) in [4.78, 5) is 0. The largest absolute Gasteiger partial charge is 0.397 e. The topological polar surface area (TPSA) is 58.3 Å². The highest BCUT2D eigenvalue weighted by molar-refractivity contribution is 5.66. The fourth-order valence-corrected chi connectivity index (χ4v) is 1.16. The molecule has 0 saturated heterocycles. The highest BCUT2D eigenvalue weighted by Crippen LogP contribution is 2.20. The Morgan fingerprint density at radius 2 is 2.29 bits per heavy atom. The lowest BCUT2D eigenvalue weighted by atomic mass is 10.2. The van der Waals surface area contributed by atoms with Crippen LogP contribution in [0.5, 0.6) is 0 Å². The third-order valence-corrected chi connectivity index (χ3v) is 2.09. The third kappa shape index (κ3) is 2.60. The fraction of sp³-hybridized carbons (Fsp3) is 0.400. The minimum Gasteiger partial charge on any atom is -0.397 e. The van der Waals surface area contributed by atoms with Gasteiger partial charge in [0.05, 0.1) is 18.0 Å². The lowest BCUT2D eigenvalue weighted by Gasteiger charge is -2.16. The van der Waals surface area contributed by atoms with Crippen LogP contribution in [0, 0.1) is 5.82 Å². The van der Waals surface area contributed by atoms with E-state index < -0.39 is 0 Å². The van der Waals surface area contributed by atoms with E-state index in [1.165, 1.54) is 12.1 Å². The maximum absolute atomic E-state index is 12.7. The minimum atomic E-state index is -0.356. The Kier molecular flexibility index (Phi) is 3.71. The number of benzene rings is 1. The van der Waals surface area contributed by atoms with Gasteiger partial charge in [-0.05, 0) is 24.6 Å². The maximum atomic E-state index is 12.7. The van der Waals surface area contributed by atoms with Crippen LogP contribution in [0.3, 0.4) is 0 Å². The molecule has 14 heavy (non-hydrogen) atoms. The molecule has 0 saturated carbocycles. The van der Waals surface area contributed by atoms with E-state index in [9.17, 15) is 4.39 Å². The van der Waals surface area contributed by atoms with Crippen molar-refractivity contribution >= 4 is 11.4 Å². The predicted molar refractivity (Wildman–Crippen MR) is 55.6 cm³/mol. The summed E-state index contributed by atoms with van der Waals surface area (Å²) in [5.41, 5.74) is 6.61. The van der Waals surface area contributed by atoms with Crippen molar-refractivity contribution in [2.24, 2.45) is 0 Å². The van der Waals surface area contributed by atoms with E-state index in [1.54, 1.807) is 6.07 Å². The molecule has 1 rings (SSSR count). The molecule has 0 aliphatic heterocycles. The molecule has 4 heteroatoms. The molecule has 4 N–H and O–H groups in total. The van der Waals surface area contributed by atoms with Crippen LogP contribution in [0.4, 0.5) is 15.8 Å². The standard InChI is InChI=1S/C10H15FN2O/c1-2-8(6-14)13-10-4-3-7(11)5-9(10)12/h3-5,8,13-14H,2,6,12H2,1H3. The summed E-state index contributed by atoms with van der Waals surface area (Å²) < 4.78 is 12.7. The van der Waals surface area contributed by atoms with E-state index in [0.29, 0.717) is 11.4 Å². The zero-order valence-corrected chi connectivity index (χ0v) is 8.13. The van der Waals surface area contributed by atoms with Gasteiger partial charge in [0, 0.05) is 6.04 Å². The Morgan fingerprint density at radius 1 is 1.57 bits per heavy atom. The van der Waals surface area contributed by atoms with E-state index in [-0.39, 0.29) is 18.5 Å². The Labute approximate surface area is 82.7 Å². The van der Waals surface area contributed by atoms with Gasteiger partial charge in [0.25, 0.3) is 0 Å². The summed E-state index contributed by atoms with van der Waals surface area (Å²) in [6.45, 7) is 1.99. The van der Waals surface area contributed by atoms with Crippen LogP contribution in [0.25, 0.3) is 0 Å². The number of nitrogen functional groups attached to an aromatic ring is 1. The molecule has 0 spiro atoms. The summed E-state index contributed by atoms with van der Waals surface area (Å²) >= 11 is 0. The normalized spacial score (nSPS) is 12.5. The summed E-state index contributed by atoms with van der Waals surface area (Å²) in [6, 6.07) is 4.13. The number of rotatable bonds is 4. The first-order valence-electron chi connectivity index (χ1n) is 4.59. The van der Waals surface area contributed by atoms with Crippen molar-refractivity contribution in [3.8, 4) is 0 Å². The van der Waals surface area contributed by atoms with E-state index in [0.717, 1.165) is 6.42 Å². The van der Waals surface area contributed by atoms with Gasteiger partial charge in [-0.1, -0.05) is 6.92 Å². The first kappa shape index (κ1) is 10.8. The average Bonchev–Trinajstić information content (AvgIpc) is 2.17.